The van der Waals surface area contributed by atoms with Gasteiger partial charge in [0.25, 0.3) is 5.56 Å². The molecule has 14 heavy (non-hydrogen) atoms. The summed E-state index contributed by atoms with van der Waals surface area (Å²) in [7, 11) is 0. The molecule has 0 aliphatic rings. The lowest BCUT2D eigenvalue weighted by molar-refractivity contribution is 0.635. The van der Waals surface area contributed by atoms with Crippen molar-refractivity contribution in [3.8, 4) is 0 Å². The van der Waals surface area contributed by atoms with Gasteiger partial charge in [0.1, 0.15) is 11.3 Å². The van der Waals surface area contributed by atoms with Crippen LogP contribution in [-0.2, 0) is 0 Å². The highest BCUT2D eigenvalue weighted by Crippen LogP contribution is 2.16. The first kappa shape index (κ1) is 9.57. The van der Waals surface area contributed by atoms with E-state index in [1.54, 1.807) is 13.0 Å². The van der Waals surface area contributed by atoms with Gasteiger partial charge in [-0.3, -0.25) is 4.79 Å². The molecule has 0 aliphatic carbocycles. The summed E-state index contributed by atoms with van der Waals surface area (Å²) in [4.78, 5) is 17.9. The van der Waals surface area contributed by atoms with Gasteiger partial charge in [0, 0.05) is 3.57 Å². The third-order valence-corrected chi connectivity index (χ3v) is 2.47. The average Bonchev–Trinajstić information content (AvgIpc) is 2.07. The second kappa shape index (κ2) is 3.30. The standard InChI is InChI=1S/C9H6FIN2O/c1-4-12-8-6(9(14)13-4)2-5(11)3-7(8)10/h2-3H,1H3,(H,12,13,14). The summed E-state index contributed by atoms with van der Waals surface area (Å²) in [6.45, 7) is 1.62. The SMILES string of the molecule is Cc1nc2c(F)cc(I)cc2c(=O)[nH]1. The number of H-pyrrole nitrogens is 1. The maximum Gasteiger partial charge on any atom is 0.258 e. The van der Waals surface area contributed by atoms with Crippen LogP contribution in [0.25, 0.3) is 10.9 Å². The predicted molar refractivity (Wildman–Crippen MR) is 59.8 cm³/mol. The summed E-state index contributed by atoms with van der Waals surface area (Å²) >= 11 is 1.96. The van der Waals surface area contributed by atoms with E-state index in [2.05, 4.69) is 9.97 Å². The van der Waals surface area contributed by atoms with Crippen molar-refractivity contribution in [2.75, 3.05) is 0 Å². The Morgan fingerprint density at radius 2 is 2.21 bits per heavy atom. The van der Waals surface area contributed by atoms with E-state index in [-0.39, 0.29) is 11.1 Å². The first-order chi connectivity index (χ1) is 6.58. The van der Waals surface area contributed by atoms with E-state index < -0.39 is 5.82 Å². The monoisotopic (exact) mass is 304 g/mol. The lowest BCUT2D eigenvalue weighted by atomic mass is 10.2. The van der Waals surface area contributed by atoms with E-state index in [0.29, 0.717) is 14.8 Å². The first-order valence-corrected chi connectivity index (χ1v) is 5.01. The van der Waals surface area contributed by atoms with Crippen LogP contribution >= 0.6 is 22.6 Å². The number of nitrogens with one attached hydrogen (secondary N) is 1. The van der Waals surface area contributed by atoms with E-state index in [0.717, 1.165) is 0 Å². The van der Waals surface area contributed by atoms with E-state index in [9.17, 15) is 9.18 Å². The topological polar surface area (TPSA) is 45.8 Å². The van der Waals surface area contributed by atoms with Crippen molar-refractivity contribution in [3.63, 3.8) is 0 Å². The van der Waals surface area contributed by atoms with Gasteiger partial charge in [-0.05, 0) is 41.6 Å². The molecule has 0 unspecified atom stereocenters. The molecule has 0 spiro atoms. The Kier molecular flexibility index (Phi) is 2.26. The summed E-state index contributed by atoms with van der Waals surface area (Å²) in [6, 6.07) is 2.97. The number of aromatic amines is 1. The van der Waals surface area contributed by atoms with Gasteiger partial charge in [0.05, 0.1) is 5.39 Å². The van der Waals surface area contributed by atoms with Crippen molar-refractivity contribution >= 4 is 33.5 Å². The Hall–Kier alpha value is -0.980. The highest BCUT2D eigenvalue weighted by Gasteiger charge is 2.07. The number of benzene rings is 1. The van der Waals surface area contributed by atoms with Crippen LogP contribution in [-0.4, -0.2) is 9.97 Å². The largest absolute Gasteiger partial charge is 0.310 e. The molecule has 5 heteroatoms. The van der Waals surface area contributed by atoms with Gasteiger partial charge in [-0.25, -0.2) is 9.37 Å². The number of hydrogen-bond acceptors (Lipinski definition) is 2. The number of rotatable bonds is 0. The molecule has 0 bridgehead atoms. The van der Waals surface area contributed by atoms with Crippen LogP contribution in [0, 0.1) is 16.3 Å². The van der Waals surface area contributed by atoms with Crippen LogP contribution in [0.15, 0.2) is 16.9 Å². The first-order valence-electron chi connectivity index (χ1n) is 3.93. The summed E-state index contributed by atoms with van der Waals surface area (Å²) in [6.07, 6.45) is 0. The summed E-state index contributed by atoms with van der Waals surface area (Å²) < 4.78 is 14.1. The Bertz CT molecular complexity index is 564. The van der Waals surface area contributed by atoms with Crippen LogP contribution in [0.5, 0.6) is 0 Å². The van der Waals surface area contributed by atoms with E-state index in [1.165, 1.54) is 6.07 Å². The third kappa shape index (κ3) is 1.52. The van der Waals surface area contributed by atoms with E-state index >= 15 is 0 Å². The second-order valence-corrected chi connectivity index (χ2v) is 4.18. The quantitative estimate of drug-likeness (QED) is 0.756. The number of halogens is 2. The Labute approximate surface area is 92.5 Å². The zero-order valence-corrected chi connectivity index (χ0v) is 9.42. The Morgan fingerprint density at radius 1 is 1.50 bits per heavy atom. The molecule has 0 saturated carbocycles. The Balaban J connectivity index is 3.02. The molecule has 3 nitrogen and oxygen atoms in total. The van der Waals surface area contributed by atoms with Crippen molar-refractivity contribution in [1.29, 1.82) is 0 Å². The van der Waals surface area contributed by atoms with Crippen molar-refractivity contribution in [2.24, 2.45) is 0 Å². The highest BCUT2D eigenvalue weighted by atomic mass is 127. The molecule has 2 rings (SSSR count). The van der Waals surface area contributed by atoms with Crippen molar-refractivity contribution < 1.29 is 4.39 Å². The molecular weight excluding hydrogens is 298 g/mol. The van der Waals surface area contributed by atoms with Gasteiger partial charge in [0.2, 0.25) is 0 Å². The number of nitrogens with zero attached hydrogens (tertiary/aromatic N) is 1. The zero-order valence-electron chi connectivity index (χ0n) is 7.27. The maximum atomic E-state index is 13.4. The molecule has 0 radical (unpaired) electrons. The molecule has 2 aromatic rings. The van der Waals surface area contributed by atoms with Crippen LogP contribution < -0.4 is 5.56 Å². The molecule has 1 heterocycles. The molecule has 1 N–H and O–H groups in total. The van der Waals surface area contributed by atoms with Crippen LogP contribution in [0.1, 0.15) is 5.82 Å². The predicted octanol–water partition coefficient (Wildman–Crippen LogP) is 1.98. The molecule has 0 saturated heterocycles. The molecule has 1 aromatic carbocycles. The fraction of sp³-hybridized carbons (Fsp3) is 0.111. The van der Waals surface area contributed by atoms with Gasteiger partial charge >= 0.3 is 0 Å². The molecule has 72 valence electrons. The molecule has 0 atom stereocenters. The summed E-state index contributed by atoms with van der Waals surface area (Å²) in [5, 5.41) is 0.292. The normalized spacial score (nSPS) is 10.8. The van der Waals surface area contributed by atoms with Crippen molar-refractivity contribution in [3.05, 3.63) is 37.7 Å². The average molecular weight is 304 g/mol. The minimum absolute atomic E-state index is 0.131. The van der Waals surface area contributed by atoms with Gasteiger partial charge in [-0.2, -0.15) is 0 Å². The van der Waals surface area contributed by atoms with Crippen LogP contribution in [0.4, 0.5) is 4.39 Å². The molecular formula is C9H6FIN2O. The minimum Gasteiger partial charge on any atom is -0.310 e. The lowest BCUT2D eigenvalue weighted by Gasteiger charge is -2.00. The molecule has 0 aliphatic heterocycles. The highest BCUT2D eigenvalue weighted by molar-refractivity contribution is 14.1. The third-order valence-electron chi connectivity index (χ3n) is 1.85. The van der Waals surface area contributed by atoms with E-state index in [4.69, 9.17) is 0 Å². The summed E-state index contributed by atoms with van der Waals surface area (Å²) in [5.41, 5.74) is -0.170. The van der Waals surface area contributed by atoms with Gasteiger partial charge in [-0.1, -0.05) is 0 Å². The fourth-order valence-electron chi connectivity index (χ4n) is 1.28. The van der Waals surface area contributed by atoms with Gasteiger partial charge < -0.3 is 4.98 Å². The second-order valence-electron chi connectivity index (χ2n) is 2.94. The van der Waals surface area contributed by atoms with Crippen LogP contribution in [0.2, 0.25) is 0 Å². The van der Waals surface area contributed by atoms with Crippen LogP contribution in [0.3, 0.4) is 0 Å². The van der Waals surface area contributed by atoms with Gasteiger partial charge in [-0.15, -0.1) is 0 Å². The maximum absolute atomic E-state index is 13.4. The lowest BCUT2D eigenvalue weighted by Crippen LogP contribution is -2.10. The van der Waals surface area contributed by atoms with Crippen molar-refractivity contribution in [2.45, 2.75) is 6.92 Å². The van der Waals surface area contributed by atoms with E-state index in [1.807, 2.05) is 22.6 Å². The fourth-order valence-corrected chi connectivity index (χ4v) is 1.86. The number of aryl methyl sites for hydroxylation is 1. The number of fused-ring (bicyclic) bond motifs is 1. The summed E-state index contributed by atoms with van der Waals surface area (Å²) in [5.74, 6) is -0.0382. The number of hydrogen-bond donors (Lipinski definition) is 1. The smallest absolute Gasteiger partial charge is 0.258 e. The molecule has 1 aromatic heterocycles. The molecule has 0 fully saturated rings. The number of aromatic nitrogens is 2. The molecule has 0 amide bonds. The van der Waals surface area contributed by atoms with Gasteiger partial charge in [0.15, 0.2) is 5.82 Å². The zero-order chi connectivity index (χ0) is 10.3. The van der Waals surface area contributed by atoms with Crippen molar-refractivity contribution in [1.82, 2.24) is 9.97 Å². The minimum atomic E-state index is -0.457. The Morgan fingerprint density at radius 3 is 2.93 bits per heavy atom.